The van der Waals surface area contributed by atoms with Crippen LogP contribution in [0.15, 0.2) is 30.3 Å². The number of benzene rings is 1. The fourth-order valence-corrected chi connectivity index (χ4v) is 6.10. The molecule has 0 amide bonds. The van der Waals surface area contributed by atoms with Crippen LogP contribution in [0.25, 0.3) is 0 Å². The van der Waals surface area contributed by atoms with E-state index in [9.17, 15) is 4.57 Å². The number of hydrogen-bond acceptors (Lipinski definition) is 2. The molecular formula is C17H28NO2P. The van der Waals surface area contributed by atoms with Crippen molar-refractivity contribution in [3.8, 4) is 0 Å². The Kier molecular flexibility index (Phi) is 4.41. The molecule has 3 nitrogen and oxygen atoms in total. The van der Waals surface area contributed by atoms with Crippen LogP contribution in [0.2, 0.25) is 0 Å². The molecular weight excluding hydrogens is 281 g/mol. The summed E-state index contributed by atoms with van der Waals surface area (Å²) in [4.78, 5) is 0. The zero-order valence-electron chi connectivity index (χ0n) is 14.1. The molecule has 1 aromatic rings. The van der Waals surface area contributed by atoms with Crippen molar-refractivity contribution >= 4 is 7.52 Å². The third-order valence-electron chi connectivity index (χ3n) is 4.38. The molecule has 1 aliphatic rings. The first-order valence-electron chi connectivity index (χ1n) is 7.66. The van der Waals surface area contributed by atoms with E-state index in [0.717, 1.165) is 12.1 Å². The minimum Gasteiger partial charge on any atom is -0.311 e. The monoisotopic (exact) mass is 309 g/mol. The Morgan fingerprint density at radius 3 is 2.38 bits per heavy atom. The quantitative estimate of drug-likeness (QED) is 0.726. The van der Waals surface area contributed by atoms with Crippen molar-refractivity contribution in [1.82, 2.24) is 4.67 Å². The topological polar surface area (TPSA) is 29.5 Å². The summed E-state index contributed by atoms with van der Waals surface area (Å²) < 4.78 is 21.9. The standard InChI is InChI=1S/C17H28NO2P/c1-14-12-18(16(2,3)4)21(19,20-17(14,5)6)13-15-10-8-7-9-11-15/h7-11,14H,12-13H2,1-6H3/t14-,21+/m1/s1. The van der Waals surface area contributed by atoms with Gasteiger partial charge in [0.05, 0.1) is 11.8 Å². The van der Waals surface area contributed by atoms with Crippen LogP contribution in [0.4, 0.5) is 0 Å². The second-order valence-electron chi connectivity index (χ2n) is 7.63. The molecule has 0 bridgehead atoms. The van der Waals surface area contributed by atoms with Gasteiger partial charge in [-0.3, -0.25) is 4.57 Å². The van der Waals surface area contributed by atoms with Gasteiger partial charge in [-0.1, -0.05) is 37.3 Å². The van der Waals surface area contributed by atoms with E-state index in [1.165, 1.54) is 0 Å². The highest BCUT2D eigenvalue weighted by Gasteiger charge is 2.50. The number of rotatable bonds is 2. The van der Waals surface area contributed by atoms with Gasteiger partial charge in [0.15, 0.2) is 0 Å². The zero-order chi connectivity index (χ0) is 15.9. The van der Waals surface area contributed by atoms with E-state index in [-0.39, 0.29) is 11.1 Å². The lowest BCUT2D eigenvalue weighted by atomic mass is 9.92. The smallest absolute Gasteiger partial charge is 0.277 e. The maximum Gasteiger partial charge on any atom is 0.277 e. The predicted molar refractivity (Wildman–Crippen MR) is 88.5 cm³/mol. The Labute approximate surface area is 129 Å². The maximum atomic E-state index is 13.6. The highest BCUT2D eigenvalue weighted by Crippen LogP contribution is 2.63. The number of nitrogens with zero attached hydrogens (tertiary/aromatic N) is 1. The lowest BCUT2D eigenvalue weighted by Gasteiger charge is -2.51. The summed E-state index contributed by atoms with van der Waals surface area (Å²) in [6.45, 7) is 13.4. The second-order valence-corrected chi connectivity index (χ2v) is 9.89. The SMILES string of the molecule is C[C@@H]1CN(C(C)(C)C)[P@](=O)(Cc2ccccc2)OC1(C)C. The summed E-state index contributed by atoms with van der Waals surface area (Å²) in [7, 11) is -2.89. The molecule has 0 N–H and O–H groups in total. The van der Waals surface area contributed by atoms with Gasteiger partial charge in [0.2, 0.25) is 0 Å². The molecule has 1 saturated heterocycles. The van der Waals surface area contributed by atoms with Gasteiger partial charge < -0.3 is 4.52 Å². The summed E-state index contributed by atoms with van der Waals surface area (Å²) in [5.74, 6) is 0.342. The molecule has 1 aliphatic heterocycles. The molecule has 2 rings (SSSR count). The van der Waals surface area contributed by atoms with E-state index in [2.05, 4.69) is 46.2 Å². The highest BCUT2D eigenvalue weighted by atomic mass is 31.2. The van der Waals surface area contributed by atoms with E-state index in [1.807, 2.05) is 30.3 Å². The molecule has 2 atom stereocenters. The van der Waals surface area contributed by atoms with E-state index < -0.39 is 7.52 Å². The Morgan fingerprint density at radius 1 is 1.29 bits per heavy atom. The predicted octanol–water partition coefficient (Wildman–Crippen LogP) is 4.93. The van der Waals surface area contributed by atoms with Crippen LogP contribution in [-0.4, -0.2) is 22.4 Å². The average Bonchev–Trinajstić information content (AvgIpc) is 2.33. The molecule has 4 heteroatoms. The molecule has 0 aliphatic carbocycles. The Morgan fingerprint density at radius 2 is 1.86 bits per heavy atom. The Bertz CT molecular complexity index is 533. The van der Waals surface area contributed by atoms with Crippen molar-refractivity contribution < 1.29 is 9.09 Å². The third-order valence-corrected chi connectivity index (χ3v) is 7.40. The minimum absolute atomic E-state index is 0.172. The summed E-state index contributed by atoms with van der Waals surface area (Å²) in [5.41, 5.74) is 0.543. The zero-order valence-corrected chi connectivity index (χ0v) is 15.0. The van der Waals surface area contributed by atoms with Gasteiger partial charge >= 0.3 is 0 Å². The van der Waals surface area contributed by atoms with Gasteiger partial charge in [-0.2, -0.15) is 0 Å². The first-order chi connectivity index (χ1) is 9.55. The second kappa shape index (κ2) is 5.53. The Hall–Kier alpha value is -0.630. The fourth-order valence-electron chi connectivity index (χ4n) is 2.77. The first kappa shape index (κ1) is 16.7. The lowest BCUT2D eigenvalue weighted by Crippen LogP contribution is -2.52. The third kappa shape index (κ3) is 3.59. The minimum atomic E-state index is -2.89. The van der Waals surface area contributed by atoms with Crippen LogP contribution >= 0.6 is 7.52 Å². The van der Waals surface area contributed by atoms with Crippen LogP contribution in [0.3, 0.4) is 0 Å². The van der Waals surface area contributed by atoms with Crippen LogP contribution in [0, 0.1) is 5.92 Å². The molecule has 0 saturated carbocycles. The molecule has 1 aromatic carbocycles. The summed E-state index contributed by atoms with van der Waals surface area (Å²) in [5, 5.41) is 0. The van der Waals surface area contributed by atoms with Crippen LogP contribution in [0.1, 0.15) is 47.1 Å². The molecule has 1 fully saturated rings. The van der Waals surface area contributed by atoms with Crippen LogP contribution in [-0.2, 0) is 15.3 Å². The molecule has 118 valence electrons. The normalized spacial score (nSPS) is 30.3. The van der Waals surface area contributed by atoms with E-state index in [1.54, 1.807) is 0 Å². The van der Waals surface area contributed by atoms with Gasteiger partial charge in [-0.05, 0) is 46.1 Å². The highest BCUT2D eigenvalue weighted by molar-refractivity contribution is 7.55. The van der Waals surface area contributed by atoms with Crippen molar-refractivity contribution in [1.29, 1.82) is 0 Å². The van der Waals surface area contributed by atoms with Crippen molar-refractivity contribution in [3.05, 3.63) is 35.9 Å². The van der Waals surface area contributed by atoms with E-state index in [4.69, 9.17) is 4.52 Å². The van der Waals surface area contributed by atoms with Gasteiger partial charge in [0.25, 0.3) is 7.52 Å². The number of hydrogen-bond donors (Lipinski definition) is 0. The molecule has 1 heterocycles. The maximum absolute atomic E-state index is 13.6. The van der Waals surface area contributed by atoms with Crippen LogP contribution in [0.5, 0.6) is 0 Å². The molecule has 21 heavy (non-hydrogen) atoms. The largest absolute Gasteiger partial charge is 0.311 e. The van der Waals surface area contributed by atoms with Gasteiger partial charge in [-0.25, -0.2) is 4.67 Å². The lowest BCUT2D eigenvalue weighted by molar-refractivity contribution is -0.0139. The first-order valence-corrected chi connectivity index (χ1v) is 9.43. The van der Waals surface area contributed by atoms with Gasteiger partial charge in [0, 0.05) is 12.1 Å². The van der Waals surface area contributed by atoms with Crippen molar-refractivity contribution in [2.24, 2.45) is 5.92 Å². The molecule has 0 spiro atoms. The summed E-state index contributed by atoms with van der Waals surface area (Å²) in [6, 6.07) is 10.00. The van der Waals surface area contributed by atoms with E-state index in [0.29, 0.717) is 12.1 Å². The van der Waals surface area contributed by atoms with Gasteiger partial charge in [-0.15, -0.1) is 0 Å². The van der Waals surface area contributed by atoms with E-state index >= 15 is 0 Å². The summed E-state index contributed by atoms with van der Waals surface area (Å²) in [6.07, 6.45) is 0.473. The van der Waals surface area contributed by atoms with Crippen LogP contribution < -0.4 is 0 Å². The molecule has 0 aromatic heterocycles. The van der Waals surface area contributed by atoms with Crippen molar-refractivity contribution in [2.75, 3.05) is 6.54 Å². The molecule has 0 unspecified atom stereocenters. The fraction of sp³-hybridized carbons (Fsp3) is 0.647. The van der Waals surface area contributed by atoms with Gasteiger partial charge in [0.1, 0.15) is 0 Å². The average molecular weight is 309 g/mol. The molecule has 0 radical (unpaired) electrons. The van der Waals surface area contributed by atoms with Crippen molar-refractivity contribution in [2.45, 2.75) is 58.8 Å². The van der Waals surface area contributed by atoms with Crippen molar-refractivity contribution in [3.63, 3.8) is 0 Å². The summed E-state index contributed by atoms with van der Waals surface area (Å²) >= 11 is 0. The Balaban J connectivity index is 2.37.